The maximum atomic E-state index is 12.0. The molecule has 0 bridgehead atoms. The van der Waals surface area contributed by atoms with E-state index in [4.69, 9.17) is 4.74 Å². The van der Waals surface area contributed by atoms with Crippen LogP contribution in [-0.4, -0.2) is 37.2 Å². The van der Waals surface area contributed by atoms with Gasteiger partial charge in [0.25, 0.3) is 0 Å². The standard InChI is InChI=1S/C21H32N2O2/c1-4-5-6-7-8-12-22-20(24)25-17-10-9-16-14-19-21(2,18(16)15-17)11-13-23(19)3/h9-10,15,19H,4-8,11-14H2,1-3H3,(H,22,24)/t19-,21+/m1/s1. The molecule has 2 aliphatic rings. The molecular formula is C21H32N2O2. The van der Waals surface area contributed by atoms with Crippen LogP contribution in [0.3, 0.4) is 0 Å². The van der Waals surface area contributed by atoms with Crippen molar-refractivity contribution in [2.75, 3.05) is 20.1 Å². The Morgan fingerprint density at radius 3 is 2.92 bits per heavy atom. The van der Waals surface area contributed by atoms with E-state index < -0.39 is 0 Å². The normalized spacial score (nSPS) is 24.8. The van der Waals surface area contributed by atoms with Crippen molar-refractivity contribution in [1.29, 1.82) is 0 Å². The predicted octanol–water partition coefficient (Wildman–Crippen LogP) is 4.26. The van der Waals surface area contributed by atoms with Crippen molar-refractivity contribution in [2.45, 2.75) is 70.3 Å². The Bertz CT molecular complexity index is 616. The highest BCUT2D eigenvalue weighted by molar-refractivity contribution is 5.70. The van der Waals surface area contributed by atoms with E-state index in [-0.39, 0.29) is 11.5 Å². The fourth-order valence-corrected chi connectivity index (χ4v) is 4.51. The number of nitrogens with one attached hydrogen (secondary N) is 1. The van der Waals surface area contributed by atoms with E-state index in [1.165, 1.54) is 43.2 Å². The molecule has 0 saturated carbocycles. The molecule has 3 rings (SSSR count). The monoisotopic (exact) mass is 344 g/mol. The molecule has 1 aliphatic heterocycles. The first kappa shape index (κ1) is 18.2. The van der Waals surface area contributed by atoms with Gasteiger partial charge in [-0.05, 0) is 56.1 Å². The number of unbranched alkanes of at least 4 members (excludes halogenated alkanes) is 4. The summed E-state index contributed by atoms with van der Waals surface area (Å²) in [5, 5.41) is 2.87. The Kier molecular flexibility index (Phi) is 5.67. The molecule has 0 radical (unpaired) electrons. The van der Waals surface area contributed by atoms with E-state index in [1.54, 1.807) is 0 Å². The molecule has 1 amide bonds. The molecule has 0 spiro atoms. The molecule has 1 heterocycles. The van der Waals surface area contributed by atoms with Crippen LogP contribution in [0.25, 0.3) is 0 Å². The van der Waals surface area contributed by atoms with Gasteiger partial charge in [-0.15, -0.1) is 0 Å². The van der Waals surface area contributed by atoms with Crippen molar-refractivity contribution in [3.8, 4) is 5.75 Å². The molecule has 1 aliphatic carbocycles. The van der Waals surface area contributed by atoms with Gasteiger partial charge in [-0.1, -0.05) is 45.6 Å². The maximum absolute atomic E-state index is 12.0. The van der Waals surface area contributed by atoms with Crippen LogP contribution < -0.4 is 10.1 Å². The Morgan fingerprint density at radius 2 is 2.12 bits per heavy atom. The summed E-state index contributed by atoms with van der Waals surface area (Å²) in [6.07, 6.45) is 7.88. The lowest BCUT2D eigenvalue weighted by Gasteiger charge is -2.27. The van der Waals surface area contributed by atoms with Gasteiger partial charge in [0.15, 0.2) is 0 Å². The van der Waals surface area contributed by atoms with Crippen molar-refractivity contribution in [3.63, 3.8) is 0 Å². The summed E-state index contributed by atoms with van der Waals surface area (Å²) in [4.78, 5) is 14.5. The zero-order valence-corrected chi connectivity index (χ0v) is 15.9. The highest BCUT2D eigenvalue weighted by Crippen LogP contribution is 2.48. The third-order valence-electron chi connectivity index (χ3n) is 6.12. The molecule has 2 atom stereocenters. The maximum Gasteiger partial charge on any atom is 0.412 e. The quantitative estimate of drug-likeness (QED) is 0.751. The van der Waals surface area contributed by atoms with Crippen molar-refractivity contribution in [2.24, 2.45) is 0 Å². The minimum Gasteiger partial charge on any atom is -0.410 e. The van der Waals surface area contributed by atoms with E-state index >= 15 is 0 Å². The van der Waals surface area contributed by atoms with Gasteiger partial charge in [-0.25, -0.2) is 4.79 Å². The molecule has 1 fully saturated rings. The van der Waals surface area contributed by atoms with Crippen LogP contribution >= 0.6 is 0 Å². The molecule has 0 aromatic heterocycles. The number of carbonyl (C=O) groups excluding carboxylic acids is 1. The lowest BCUT2D eigenvalue weighted by Crippen LogP contribution is -2.35. The third-order valence-corrected chi connectivity index (χ3v) is 6.12. The summed E-state index contributed by atoms with van der Waals surface area (Å²) in [7, 11) is 2.22. The summed E-state index contributed by atoms with van der Waals surface area (Å²) >= 11 is 0. The zero-order valence-electron chi connectivity index (χ0n) is 15.9. The van der Waals surface area contributed by atoms with Gasteiger partial charge in [-0.3, -0.25) is 0 Å². The van der Waals surface area contributed by atoms with Crippen LogP contribution in [-0.2, 0) is 11.8 Å². The average Bonchev–Trinajstić information content (AvgIpc) is 3.04. The number of hydrogen-bond donors (Lipinski definition) is 1. The van der Waals surface area contributed by atoms with Crippen molar-refractivity contribution in [1.82, 2.24) is 10.2 Å². The molecule has 1 aromatic rings. The van der Waals surface area contributed by atoms with Gasteiger partial charge in [0, 0.05) is 18.0 Å². The summed E-state index contributed by atoms with van der Waals surface area (Å²) in [5.74, 6) is 0.665. The number of hydrogen-bond acceptors (Lipinski definition) is 3. The van der Waals surface area contributed by atoms with Crippen LogP contribution in [0.4, 0.5) is 4.79 Å². The number of rotatable bonds is 7. The number of carbonyl (C=O) groups is 1. The van der Waals surface area contributed by atoms with Crippen LogP contribution in [0, 0.1) is 0 Å². The van der Waals surface area contributed by atoms with E-state index in [9.17, 15) is 4.79 Å². The number of fused-ring (bicyclic) bond motifs is 3. The predicted molar refractivity (Wildman–Crippen MR) is 101 cm³/mol. The van der Waals surface area contributed by atoms with E-state index in [2.05, 4.69) is 43.2 Å². The second kappa shape index (κ2) is 7.77. The fourth-order valence-electron chi connectivity index (χ4n) is 4.51. The number of nitrogens with zero attached hydrogens (tertiary/aromatic N) is 1. The Hall–Kier alpha value is -1.55. The lowest BCUT2D eigenvalue weighted by molar-refractivity contribution is 0.200. The first-order valence-corrected chi connectivity index (χ1v) is 9.84. The second-order valence-corrected chi connectivity index (χ2v) is 7.92. The molecular weight excluding hydrogens is 312 g/mol. The molecule has 1 aromatic carbocycles. The summed E-state index contributed by atoms with van der Waals surface area (Å²) in [6, 6.07) is 6.74. The van der Waals surface area contributed by atoms with Crippen molar-refractivity contribution >= 4 is 6.09 Å². The molecule has 1 N–H and O–H groups in total. The Morgan fingerprint density at radius 1 is 1.32 bits per heavy atom. The van der Waals surface area contributed by atoms with E-state index in [0.717, 1.165) is 19.4 Å². The van der Waals surface area contributed by atoms with Gasteiger partial charge >= 0.3 is 6.09 Å². The van der Waals surface area contributed by atoms with Gasteiger partial charge in [-0.2, -0.15) is 0 Å². The summed E-state index contributed by atoms with van der Waals surface area (Å²) in [6.45, 7) is 6.40. The van der Waals surface area contributed by atoms with Gasteiger partial charge < -0.3 is 15.0 Å². The van der Waals surface area contributed by atoms with Gasteiger partial charge in [0.1, 0.15) is 5.75 Å². The molecule has 138 valence electrons. The number of likely N-dealkylation sites (N-methyl/N-ethyl adjacent to an activating group) is 1. The first-order chi connectivity index (χ1) is 12.0. The van der Waals surface area contributed by atoms with Gasteiger partial charge in [0.05, 0.1) is 0 Å². The number of likely N-dealkylation sites (tertiary alicyclic amines) is 1. The number of benzene rings is 1. The van der Waals surface area contributed by atoms with Crippen LogP contribution in [0.1, 0.15) is 63.5 Å². The summed E-state index contributed by atoms with van der Waals surface area (Å²) < 4.78 is 5.52. The van der Waals surface area contributed by atoms with Crippen LogP contribution in [0.15, 0.2) is 18.2 Å². The topological polar surface area (TPSA) is 41.6 Å². The molecule has 25 heavy (non-hydrogen) atoms. The smallest absolute Gasteiger partial charge is 0.410 e. The SMILES string of the molecule is CCCCCCCNC(=O)Oc1ccc2c(c1)[C@]1(C)CCN(C)[C@@H]1C2. The van der Waals surface area contributed by atoms with Crippen molar-refractivity contribution in [3.05, 3.63) is 29.3 Å². The third kappa shape index (κ3) is 3.84. The second-order valence-electron chi connectivity index (χ2n) is 7.92. The van der Waals surface area contributed by atoms with Crippen molar-refractivity contribution < 1.29 is 9.53 Å². The van der Waals surface area contributed by atoms with Gasteiger partial charge in [0.2, 0.25) is 0 Å². The molecule has 0 unspecified atom stereocenters. The summed E-state index contributed by atoms with van der Waals surface area (Å²) in [5.41, 5.74) is 2.97. The number of ether oxygens (including phenoxy) is 1. The van der Waals surface area contributed by atoms with E-state index in [1.807, 2.05) is 6.07 Å². The highest BCUT2D eigenvalue weighted by atomic mass is 16.6. The van der Waals surface area contributed by atoms with Crippen LogP contribution in [0.5, 0.6) is 5.75 Å². The Balaban J connectivity index is 1.53. The van der Waals surface area contributed by atoms with Crippen LogP contribution in [0.2, 0.25) is 0 Å². The molecule has 4 heteroatoms. The zero-order chi connectivity index (χ0) is 17.9. The molecule has 1 saturated heterocycles. The number of amides is 1. The largest absolute Gasteiger partial charge is 0.412 e. The molecule has 4 nitrogen and oxygen atoms in total. The Labute approximate surface area is 151 Å². The highest BCUT2D eigenvalue weighted by Gasteiger charge is 2.49. The minimum absolute atomic E-state index is 0.194. The fraction of sp³-hybridized carbons (Fsp3) is 0.667. The first-order valence-electron chi connectivity index (χ1n) is 9.84. The minimum atomic E-state index is -0.335. The average molecular weight is 344 g/mol. The van der Waals surface area contributed by atoms with E-state index in [0.29, 0.717) is 18.3 Å². The lowest BCUT2D eigenvalue weighted by atomic mass is 9.80.